The zero-order valence-electron chi connectivity index (χ0n) is 12.1. The average Bonchev–Trinajstić information content (AvgIpc) is 2.35. The maximum atomic E-state index is 12.0. The Hall–Kier alpha value is -1.30. The molecule has 6 nitrogen and oxygen atoms in total. The molecule has 0 aromatic rings. The highest BCUT2D eigenvalue weighted by molar-refractivity contribution is 5.74. The Balaban J connectivity index is 2.64. The summed E-state index contributed by atoms with van der Waals surface area (Å²) in [5, 5.41) is 0. The third-order valence-electron chi connectivity index (χ3n) is 3.19. The zero-order valence-corrected chi connectivity index (χ0v) is 12.1. The highest BCUT2D eigenvalue weighted by Gasteiger charge is 2.36. The highest BCUT2D eigenvalue weighted by atomic mass is 16.6. The number of carbonyl (C=O) groups is 2. The SMILES string of the molecule is COC(=O)C1CCN(C(=O)OC(C)(C)C)CC1CN. The number of likely N-dealkylation sites (tertiary alicyclic amines) is 1. The number of rotatable bonds is 2. The summed E-state index contributed by atoms with van der Waals surface area (Å²) in [6.45, 7) is 6.75. The summed E-state index contributed by atoms with van der Waals surface area (Å²) in [6, 6.07) is 0. The number of hydrogen-bond donors (Lipinski definition) is 1. The second-order valence-electron chi connectivity index (χ2n) is 5.84. The molecule has 2 unspecified atom stereocenters. The number of nitrogens with two attached hydrogens (primary N) is 1. The number of nitrogens with zero attached hydrogens (tertiary/aromatic N) is 1. The van der Waals surface area contributed by atoms with E-state index in [2.05, 4.69) is 0 Å². The van der Waals surface area contributed by atoms with Gasteiger partial charge in [0.15, 0.2) is 0 Å². The van der Waals surface area contributed by atoms with Crippen molar-refractivity contribution in [2.45, 2.75) is 32.8 Å². The minimum atomic E-state index is -0.519. The predicted octanol–water partition coefficient (Wildman–Crippen LogP) is 0.991. The number of amides is 1. The van der Waals surface area contributed by atoms with Crippen LogP contribution in [0.1, 0.15) is 27.2 Å². The Morgan fingerprint density at radius 1 is 1.37 bits per heavy atom. The van der Waals surface area contributed by atoms with Gasteiger partial charge in [0.25, 0.3) is 0 Å². The van der Waals surface area contributed by atoms with Gasteiger partial charge in [0.05, 0.1) is 13.0 Å². The molecule has 1 saturated heterocycles. The first kappa shape index (κ1) is 15.8. The third-order valence-corrected chi connectivity index (χ3v) is 3.19. The monoisotopic (exact) mass is 272 g/mol. The molecule has 0 saturated carbocycles. The summed E-state index contributed by atoms with van der Waals surface area (Å²) in [7, 11) is 1.37. The fourth-order valence-corrected chi connectivity index (χ4v) is 2.23. The first-order valence-corrected chi connectivity index (χ1v) is 6.54. The molecule has 110 valence electrons. The van der Waals surface area contributed by atoms with E-state index in [0.717, 1.165) is 0 Å². The molecule has 2 atom stereocenters. The number of piperidine rings is 1. The number of methoxy groups -OCH3 is 1. The lowest BCUT2D eigenvalue weighted by Gasteiger charge is -2.37. The Bertz CT molecular complexity index is 338. The number of hydrogen-bond acceptors (Lipinski definition) is 5. The lowest BCUT2D eigenvalue weighted by molar-refractivity contribution is -0.149. The smallest absolute Gasteiger partial charge is 0.410 e. The summed E-state index contributed by atoms with van der Waals surface area (Å²) in [5.74, 6) is -0.554. The molecule has 1 fully saturated rings. The van der Waals surface area contributed by atoms with Crippen molar-refractivity contribution in [3.63, 3.8) is 0 Å². The molecule has 2 N–H and O–H groups in total. The van der Waals surface area contributed by atoms with Gasteiger partial charge >= 0.3 is 12.1 Å². The zero-order chi connectivity index (χ0) is 14.6. The largest absolute Gasteiger partial charge is 0.469 e. The summed E-state index contributed by atoms with van der Waals surface area (Å²) >= 11 is 0. The van der Waals surface area contributed by atoms with E-state index in [1.54, 1.807) is 4.90 Å². The van der Waals surface area contributed by atoms with E-state index in [0.29, 0.717) is 26.1 Å². The molecule has 1 aliphatic rings. The van der Waals surface area contributed by atoms with Crippen LogP contribution < -0.4 is 5.73 Å². The third kappa shape index (κ3) is 4.38. The van der Waals surface area contributed by atoms with Crippen LogP contribution in [0.5, 0.6) is 0 Å². The maximum Gasteiger partial charge on any atom is 0.410 e. The van der Waals surface area contributed by atoms with Crippen molar-refractivity contribution < 1.29 is 19.1 Å². The fourth-order valence-electron chi connectivity index (χ4n) is 2.23. The lowest BCUT2D eigenvalue weighted by atomic mass is 9.85. The van der Waals surface area contributed by atoms with E-state index in [9.17, 15) is 9.59 Å². The molecular weight excluding hydrogens is 248 g/mol. The highest BCUT2D eigenvalue weighted by Crippen LogP contribution is 2.25. The van der Waals surface area contributed by atoms with Gasteiger partial charge in [-0.2, -0.15) is 0 Å². The van der Waals surface area contributed by atoms with Crippen LogP contribution in [0.3, 0.4) is 0 Å². The van der Waals surface area contributed by atoms with Gasteiger partial charge < -0.3 is 20.1 Å². The number of ether oxygens (including phenoxy) is 2. The normalized spacial score (nSPS) is 23.9. The minimum absolute atomic E-state index is 0.0753. The second kappa shape index (κ2) is 6.23. The van der Waals surface area contributed by atoms with Gasteiger partial charge in [-0.3, -0.25) is 4.79 Å². The average molecular weight is 272 g/mol. The quantitative estimate of drug-likeness (QED) is 0.758. The molecule has 0 aromatic carbocycles. The van der Waals surface area contributed by atoms with E-state index in [1.807, 2.05) is 20.8 Å². The van der Waals surface area contributed by atoms with Crippen molar-refractivity contribution >= 4 is 12.1 Å². The van der Waals surface area contributed by atoms with Crippen LogP contribution in [0.4, 0.5) is 4.79 Å². The van der Waals surface area contributed by atoms with E-state index in [1.165, 1.54) is 7.11 Å². The van der Waals surface area contributed by atoms with Crippen molar-refractivity contribution in [1.29, 1.82) is 0 Å². The van der Waals surface area contributed by atoms with Crippen LogP contribution in [0.15, 0.2) is 0 Å². The molecule has 0 aliphatic carbocycles. The molecule has 1 heterocycles. The summed E-state index contributed by atoms with van der Waals surface area (Å²) < 4.78 is 10.1. The van der Waals surface area contributed by atoms with Gasteiger partial charge in [-0.05, 0) is 33.7 Å². The minimum Gasteiger partial charge on any atom is -0.469 e. The molecule has 1 aliphatic heterocycles. The van der Waals surface area contributed by atoms with Crippen LogP contribution in [-0.2, 0) is 14.3 Å². The molecule has 0 spiro atoms. The molecule has 1 rings (SSSR count). The Morgan fingerprint density at radius 2 is 2.00 bits per heavy atom. The van der Waals surface area contributed by atoms with Crippen molar-refractivity contribution in [2.75, 3.05) is 26.7 Å². The molecule has 0 radical (unpaired) electrons. The van der Waals surface area contributed by atoms with Gasteiger partial charge in [0.1, 0.15) is 5.60 Å². The van der Waals surface area contributed by atoms with E-state index in [-0.39, 0.29) is 23.9 Å². The van der Waals surface area contributed by atoms with Crippen molar-refractivity contribution in [2.24, 2.45) is 17.6 Å². The summed E-state index contributed by atoms with van der Waals surface area (Å²) in [5.41, 5.74) is 5.17. The van der Waals surface area contributed by atoms with Crippen LogP contribution in [0.25, 0.3) is 0 Å². The van der Waals surface area contributed by atoms with Crippen molar-refractivity contribution in [1.82, 2.24) is 4.90 Å². The molecule has 6 heteroatoms. The number of carbonyl (C=O) groups excluding carboxylic acids is 2. The molecule has 0 aromatic heterocycles. The molecular formula is C13H24N2O4. The molecule has 0 bridgehead atoms. The summed E-state index contributed by atoms with van der Waals surface area (Å²) in [4.78, 5) is 25.2. The first-order chi connectivity index (χ1) is 8.78. The lowest BCUT2D eigenvalue weighted by Crippen LogP contribution is -2.49. The second-order valence-corrected chi connectivity index (χ2v) is 5.84. The Morgan fingerprint density at radius 3 is 2.47 bits per heavy atom. The van der Waals surface area contributed by atoms with Crippen LogP contribution in [0.2, 0.25) is 0 Å². The Kier molecular flexibility index (Phi) is 5.17. The summed E-state index contributed by atoms with van der Waals surface area (Å²) in [6.07, 6.45) is 0.211. The van der Waals surface area contributed by atoms with Crippen LogP contribution >= 0.6 is 0 Å². The van der Waals surface area contributed by atoms with Gasteiger partial charge in [-0.15, -0.1) is 0 Å². The van der Waals surface area contributed by atoms with Crippen molar-refractivity contribution in [3.8, 4) is 0 Å². The van der Waals surface area contributed by atoms with Gasteiger partial charge in [-0.1, -0.05) is 0 Å². The standard InChI is InChI=1S/C13H24N2O4/c1-13(2,3)19-12(17)15-6-5-10(11(16)18-4)9(7-14)8-15/h9-10H,5-8,14H2,1-4H3. The molecule has 19 heavy (non-hydrogen) atoms. The fraction of sp³-hybridized carbons (Fsp3) is 0.846. The van der Waals surface area contributed by atoms with E-state index < -0.39 is 5.60 Å². The Labute approximate surface area is 114 Å². The van der Waals surface area contributed by atoms with Crippen molar-refractivity contribution in [3.05, 3.63) is 0 Å². The van der Waals surface area contributed by atoms with Crippen LogP contribution in [-0.4, -0.2) is 49.3 Å². The van der Waals surface area contributed by atoms with E-state index >= 15 is 0 Å². The molecule has 1 amide bonds. The van der Waals surface area contributed by atoms with Crippen LogP contribution in [0, 0.1) is 11.8 Å². The topological polar surface area (TPSA) is 81.9 Å². The predicted molar refractivity (Wildman–Crippen MR) is 70.5 cm³/mol. The van der Waals surface area contributed by atoms with E-state index in [4.69, 9.17) is 15.2 Å². The van der Waals surface area contributed by atoms with Gasteiger partial charge in [0, 0.05) is 19.0 Å². The number of esters is 1. The first-order valence-electron chi connectivity index (χ1n) is 6.54. The maximum absolute atomic E-state index is 12.0. The van der Waals surface area contributed by atoms with Gasteiger partial charge in [0.2, 0.25) is 0 Å². The van der Waals surface area contributed by atoms with Gasteiger partial charge in [-0.25, -0.2) is 4.79 Å².